The van der Waals surface area contributed by atoms with E-state index in [-0.39, 0.29) is 25.0 Å². The number of nitrogens with two attached hydrogens (primary N) is 1. The Morgan fingerprint density at radius 3 is 2.56 bits per heavy atom. The highest BCUT2D eigenvalue weighted by molar-refractivity contribution is 7.89. The lowest BCUT2D eigenvalue weighted by Crippen LogP contribution is -2.44. The third-order valence-corrected chi connectivity index (χ3v) is 4.79. The molecule has 0 aliphatic heterocycles. The molecule has 94 valence electrons. The summed E-state index contributed by atoms with van der Waals surface area (Å²) in [5.74, 6) is -0.252. The molecule has 0 aromatic carbocycles. The Kier molecular flexibility index (Phi) is 4.28. The van der Waals surface area contributed by atoms with Crippen LogP contribution >= 0.6 is 0 Å². The first-order valence-corrected chi connectivity index (χ1v) is 6.82. The van der Waals surface area contributed by atoms with E-state index in [1.54, 1.807) is 0 Å². The first kappa shape index (κ1) is 13.4. The van der Waals surface area contributed by atoms with Gasteiger partial charge < -0.3 is 11.1 Å². The van der Waals surface area contributed by atoms with Gasteiger partial charge in [-0.15, -0.1) is 0 Å². The van der Waals surface area contributed by atoms with E-state index in [2.05, 4.69) is 5.32 Å². The van der Waals surface area contributed by atoms with Crippen LogP contribution in [0, 0.1) is 0 Å². The normalized spacial score (nSPS) is 18.5. The fraction of sp³-hybridized carbons (Fsp3) is 0.889. The van der Waals surface area contributed by atoms with Gasteiger partial charge >= 0.3 is 0 Å². The van der Waals surface area contributed by atoms with Crippen molar-refractivity contribution in [2.24, 2.45) is 5.73 Å². The number of carbonyl (C=O) groups is 1. The standard InChI is InChI=1S/C9H19N3O3S/c1-7(5-10)16(14,15)12(2)6-9(13)11-8-3-4-8/h7-8H,3-6,10H2,1-2H3,(H,11,13). The lowest BCUT2D eigenvalue weighted by Gasteiger charge is -2.20. The van der Waals surface area contributed by atoms with E-state index in [9.17, 15) is 13.2 Å². The summed E-state index contributed by atoms with van der Waals surface area (Å²) in [6.45, 7) is 1.45. The Morgan fingerprint density at radius 2 is 2.12 bits per heavy atom. The van der Waals surface area contributed by atoms with Gasteiger partial charge in [0.1, 0.15) is 0 Å². The van der Waals surface area contributed by atoms with Crippen LogP contribution in [0.2, 0.25) is 0 Å². The average Bonchev–Trinajstić information content (AvgIpc) is 2.99. The van der Waals surface area contributed by atoms with E-state index >= 15 is 0 Å². The molecule has 7 heteroatoms. The number of nitrogens with zero attached hydrogens (tertiary/aromatic N) is 1. The van der Waals surface area contributed by atoms with Gasteiger partial charge in [0.05, 0.1) is 11.8 Å². The first-order chi connectivity index (χ1) is 7.37. The van der Waals surface area contributed by atoms with Gasteiger partial charge in [-0.05, 0) is 19.8 Å². The van der Waals surface area contributed by atoms with Crippen molar-refractivity contribution in [3.63, 3.8) is 0 Å². The topological polar surface area (TPSA) is 92.5 Å². The number of sulfonamides is 1. The summed E-state index contributed by atoms with van der Waals surface area (Å²) >= 11 is 0. The van der Waals surface area contributed by atoms with Crippen LogP contribution < -0.4 is 11.1 Å². The smallest absolute Gasteiger partial charge is 0.235 e. The molecule has 1 aliphatic rings. The number of hydrogen-bond donors (Lipinski definition) is 2. The van der Waals surface area contributed by atoms with Crippen molar-refractivity contribution in [1.29, 1.82) is 0 Å². The van der Waals surface area contributed by atoms with E-state index in [1.807, 2.05) is 0 Å². The third kappa shape index (κ3) is 3.43. The number of hydrogen-bond acceptors (Lipinski definition) is 4. The van der Waals surface area contributed by atoms with Gasteiger partial charge in [0, 0.05) is 19.6 Å². The van der Waals surface area contributed by atoms with Crippen molar-refractivity contribution in [1.82, 2.24) is 9.62 Å². The van der Waals surface area contributed by atoms with Gasteiger partial charge in [-0.1, -0.05) is 0 Å². The highest BCUT2D eigenvalue weighted by atomic mass is 32.2. The monoisotopic (exact) mass is 249 g/mol. The van der Waals surface area contributed by atoms with Gasteiger partial charge in [0.2, 0.25) is 15.9 Å². The summed E-state index contributed by atoms with van der Waals surface area (Å²) in [6.07, 6.45) is 1.98. The molecule has 0 heterocycles. The van der Waals surface area contributed by atoms with Crippen LogP contribution in [0.3, 0.4) is 0 Å². The van der Waals surface area contributed by atoms with Gasteiger partial charge in [-0.2, -0.15) is 4.31 Å². The van der Waals surface area contributed by atoms with Crippen LogP contribution in [0.5, 0.6) is 0 Å². The molecule has 0 radical (unpaired) electrons. The zero-order valence-electron chi connectivity index (χ0n) is 9.64. The minimum atomic E-state index is -3.45. The Labute approximate surface area is 96.2 Å². The highest BCUT2D eigenvalue weighted by Crippen LogP contribution is 2.18. The Morgan fingerprint density at radius 1 is 1.56 bits per heavy atom. The van der Waals surface area contributed by atoms with Crippen molar-refractivity contribution in [3.05, 3.63) is 0 Å². The van der Waals surface area contributed by atoms with Crippen LogP contribution in [0.15, 0.2) is 0 Å². The molecule has 1 fully saturated rings. The molecule has 16 heavy (non-hydrogen) atoms. The molecule has 6 nitrogen and oxygen atoms in total. The summed E-state index contributed by atoms with van der Waals surface area (Å²) in [6, 6.07) is 0.246. The molecule has 1 aliphatic carbocycles. The van der Waals surface area contributed by atoms with Crippen LogP contribution in [0.25, 0.3) is 0 Å². The average molecular weight is 249 g/mol. The molecule has 1 amide bonds. The molecular formula is C9H19N3O3S. The minimum Gasteiger partial charge on any atom is -0.352 e. The summed E-state index contributed by atoms with van der Waals surface area (Å²) in [5, 5.41) is 2.08. The third-order valence-electron chi connectivity index (χ3n) is 2.58. The second-order valence-corrected chi connectivity index (χ2v) is 6.65. The van der Waals surface area contributed by atoms with Crippen LogP contribution in [-0.2, 0) is 14.8 Å². The highest BCUT2D eigenvalue weighted by Gasteiger charge is 2.28. The van der Waals surface area contributed by atoms with Crippen LogP contribution in [0.4, 0.5) is 0 Å². The minimum absolute atomic E-state index is 0.0525. The zero-order valence-corrected chi connectivity index (χ0v) is 10.5. The zero-order chi connectivity index (χ0) is 12.3. The number of amides is 1. The molecule has 1 saturated carbocycles. The van der Waals surface area contributed by atoms with E-state index in [1.165, 1.54) is 14.0 Å². The van der Waals surface area contributed by atoms with E-state index < -0.39 is 15.3 Å². The predicted octanol–water partition coefficient (Wildman–Crippen LogP) is -1.13. The number of nitrogens with one attached hydrogen (secondary N) is 1. The quantitative estimate of drug-likeness (QED) is 0.623. The molecule has 0 bridgehead atoms. The van der Waals surface area contributed by atoms with Gasteiger partial charge in [-0.25, -0.2) is 8.42 Å². The van der Waals surface area contributed by atoms with Crippen molar-refractivity contribution < 1.29 is 13.2 Å². The molecule has 0 saturated heterocycles. The largest absolute Gasteiger partial charge is 0.352 e. The van der Waals surface area contributed by atoms with Crippen molar-refractivity contribution in [3.8, 4) is 0 Å². The first-order valence-electron chi connectivity index (χ1n) is 5.32. The van der Waals surface area contributed by atoms with E-state index in [0.29, 0.717) is 0 Å². The Balaban J connectivity index is 2.49. The molecule has 1 atom stereocenters. The fourth-order valence-corrected chi connectivity index (χ4v) is 2.38. The number of carbonyl (C=O) groups excluding carboxylic acids is 1. The predicted molar refractivity (Wildman–Crippen MR) is 61.2 cm³/mol. The van der Waals surface area contributed by atoms with Gasteiger partial charge in [-0.3, -0.25) is 4.79 Å². The van der Waals surface area contributed by atoms with Gasteiger partial charge in [0.15, 0.2) is 0 Å². The Hall–Kier alpha value is -0.660. The van der Waals surface area contributed by atoms with Crippen LogP contribution in [0.1, 0.15) is 19.8 Å². The summed E-state index contributed by atoms with van der Waals surface area (Å²) < 4.78 is 24.6. The molecular weight excluding hydrogens is 230 g/mol. The Bertz CT molecular complexity index is 351. The summed E-state index contributed by atoms with van der Waals surface area (Å²) in [7, 11) is -2.06. The summed E-state index contributed by atoms with van der Waals surface area (Å²) in [5.41, 5.74) is 5.31. The second kappa shape index (κ2) is 5.11. The number of likely N-dealkylation sites (N-methyl/N-ethyl adjacent to an activating group) is 1. The SMILES string of the molecule is CC(CN)S(=O)(=O)N(C)CC(=O)NC1CC1. The van der Waals surface area contributed by atoms with Crippen molar-refractivity contribution in [2.45, 2.75) is 31.1 Å². The van der Waals surface area contributed by atoms with E-state index in [0.717, 1.165) is 17.1 Å². The fourth-order valence-electron chi connectivity index (χ4n) is 1.22. The molecule has 3 N–H and O–H groups in total. The maximum atomic E-state index is 11.8. The maximum Gasteiger partial charge on any atom is 0.235 e. The summed E-state index contributed by atoms with van der Waals surface area (Å²) in [4.78, 5) is 11.4. The number of rotatable bonds is 6. The second-order valence-electron chi connectivity index (χ2n) is 4.19. The molecule has 0 spiro atoms. The van der Waals surface area contributed by atoms with Crippen molar-refractivity contribution in [2.75, 3.05) is 20.1 Å². The molecule has 1 rings (SSSR count). The molecule has 0 aromatic heterocycles. The van der Waals surface area contributed by atoms with Gasteiger partial charge in [0.25, 0.3) is 0 Å². The van der Waals surface area contributed by atoms with Crippen LogP contribution in [-0.4, -0.2) is 50.1 Å². The maximum absolute atomic E-state index is 11.8. The molecule has 0 aromatic rings. The lowest BCUT2D eigenvalue weighted by atomic mass is 10.5. The van der Waals surface area contributed by atoms with E-state index in [4.69, 9.17) is 5.73 Å². The van der Waals surface area contributed by atoms with Crippen molar-refractivity contribution >= 4 is 15.9 Å². The molecule has 1 unspecified atom stereocenters. The lowest BCUT2D eigenvalue weighted by molar-refractivity contribution is -0.121.